The van der Waals surface area contributed by atoms with Crippen LogP contribution in [-0.4, -0.2) is 61.6 Å². The van der Waals surface area contributed by atoms with Gasteiger partial charge in [0.15, 0.2) is 0 Å². The van der Waals surface area contributed by atoms with Gasteiger partial charge in [-0.2, -0.15) is 0 Å². The number of hydrogen-bond acceptors (Lipinski definition) is 5. The molecule has 0 aromatic heterocycles. The molecule has 0 heterocycles. The molecule has 0 unspecified atom stereocenters. The summed E-state index contributed by atoms with van der Waals surface area (Å²) in [7, 11) is 0. The average Bonchev–Trinajstić information content (AvgIpc) is 3.53. The highest BCUT2D eigenvalue weighted by Gasteiger charge is 2.59. The molecule has 0 spiro atoms. The number of fused-ring (bicyclic) bond motifs is 5. The van der Waals surface area contributed by atoms with Gasteiger partial charge in [0, 0.05) is 32.5 Å². The molecule has 4 aliphatic rings. The highest BCUT2D eigenvalue weighted by molar-refractivity contribution is 5.82. The Labute approximate surface area is 343 Å². The van der Waals surface area contributed by atoms with E-state index in [4.69, 9.17) is 10.5 Å². The number of hydrogen-bond donors (Lipinski definition) is 3. The van der Waals surface area contributed by atoms with Gasteiger partial charge < -0.3 is 21.1 Å². The molecule has 4 N–H and O–H groups in total. The standard InChI is InChI=1S/C48H86N4O4/c1-7-8-9-10-11-12-13-14-21-44(53)50-32-18-33-52(35-45(54)51-31-16-15-30-49)46(55)56-39-26-28-47(5)38(34-39)22-23-40-42-25-24-41(37(4)20-17-19-36(2)3)48(42,6)29-27-43(40)47/h22,36-37,39-43H,7-21,23-35,49H2,1-6H3,(H,50,53)(H,51,54)/t37-,39+,40+,41-,42+,43+,47+,48-/m1/s1. The molecule has 8 heteroatoms. The van der Waals surface area contributed by atoms with Crippen LogP contribution in [0.25, 0.3) is 0 Å². The van der Waals surface area contributed by atoms with Gasteiger partial charge in [-0.3, -0.25) is 14.5 Å². The monoisotopic (exact) mass is 783 g/mol. The number of nitrogens with one attached hydrogen (secondary N) is 2. The maximum atomic E-state index is 13.8. The summed E-state index contributed by atoms with van der Waals surface area (Å²) in [6, 6.07) is 0. The normalized spacial score (nSPS) is 28.8. The number of nitrogens with two attached hydrogens (primary N) is 1. The number of ether oxygens (including phenoxy) is 1. The largest absolute Gasteiger partial charge is 0.446 e. The quantitative estimate of drug-likeness (QED) is 0.0630. The molecule has 56 heavy (non-hydrogen) atoms. The topological polar surface area (TPSA) is 114 Å². The van der Waals surface area contributed by atoms with Gasteiger partial charge in [-0.05, 0) is 124 Å². The van der Waals surface area contributed by atoms with Crippen LogP contribution in [-0.2, 0) is 14.3 Å². The van der Waals surface area contributed by atoms with Crippen LogP contribution < -0.4 is 16.4 Å². The zero-order chi connectivity index (χ0) is 40.6. The van der Waals surface area contributed by atoms with Gasteiger partial charge in [0.1, 0.15) is 12.6 Å². The maximum absolute atomic E-state index is 13.8. The fraction of sp³-hybridized carbons (Fsp3) is 0.896. The van der Waals surface area contributed by atoms with E-state index in [1.54, 1.807) is 4.90 Å². The average molecular weight is 783 g/mol. The summed E-state index contributed by atoms with van der Waals surface area (Å²) in [5.74, 6) is 4.69. The zero-order valence-corrected chi connectivity index (χ0v) is 37.1. The molecule has 0 aliphatic heterocycles. The second kappa shape index (κ2) is 23.5. The van der Waals surface area contributed by atoms with Gasteiger partial charge in [0.05, 0.1) is 0 Å². The van der Waals surface area contributed by atoms with E-state index in [-0.39, 0.29) is 29.9 Å². The van der Waals surface area contributed by atoms with Gasteiger partial charge >= 0.3 is 6.09 Å². The number of rotatable bonds is 25. The number of carbonyl (C=O) groups is 3. The van der Waals surface area contributed by atoms with Crippen molar-refractivity contribution in [3.05, 3.63) is 11.6 Å². The van der Waals surface area contributed by atoms with E-state index in [0.29, 0.717) is 44.4 Å². The summed E-state index contributed by atoms with van der Waals surface area (Å²) in [5, 5.41) is 5.98. The Morgan fingerprint density at radius 2 is 1.54 bits per heavy atom. The summed E-state index contributed by atoms with van der Waals surface area (Å²) >= 11 is 0. The van der Waals surface area contributed by atoms with Crippen LogP contribution in [0.3, 0.4) is 0 Å². The van der Waals surface area contributed by atoms with Crippen molar-refractivity contribution in [1.82, 2.24) is 15.5 Å². The fourth-order valence-corrected chi connectivity index (χ4v) is 11.9. The van der Waals surface area contributed by atoms with Crippen LogP contribution in [0.15, 0.2) is 11.6 Å². The van der Waals surface area contributed by atoms with Crippen molar-refractivity contribution >= 4 is 17.9 Å². The third-order valence-corrected chi connectivity index (χ3v) is 15.3. The predicted molar refractivity (Wildman–Crippen MR) is 231 cm³/mol. The van der Waals surface area contributed by atoms with Gasteiger partial charge in [0.25, 0.3) is 0 Å². The van der Waals surface area contributed by atoms with Crippen LogP contribution in [0.1, 0.15) is 189 Å². The summed E-state index contributed by atoms with van der Waals surface area (Å²) in [6.45, 7) is 16.6. The van der Waals surface area contributed by atoms with Crippen LogP contribution in [0, 0.1) is 46.3 Å². The Kier molecular flexibility index (Phi) is 19.5. The van der Waals surface area contributed by atoms with Crippen molar-refractivity contribution in [2.75, 3.05) is 32.7 Å². The molecular weight excluding hydrogens is 697 g/mol. The first-order chi connectivity index (χ1) is 26.9. The third-order valence-electron chi connectivity index (χ3n) is 15.3. The highest BCUT2D eigenvalue weighted by Crippen LogP contribution is 2.67. The maximum Gasteiger partial charge on any atom is 0.410 e. The van der Waals surface area contributed by atoms with E-state index in [1.807, 2.05) is 0 Å². The molecule has 4 rings (SSSR count). The first kappa shape index (κ1) is 46.6. The minimum absolute atomic E-state index is 0.0396. The van der Waals surface area contributed by atoms with Crippen LogP contribution in [0.4, 0.5) is 4.79 Å². The van der Waals surface area contributed by atoms with Gasteiger partial charge in [0.2, 0.25) is 11.8 Å². The SMILES string of the molecule is CCCCCCCCCCC(=O)NCCCN(CC(=O)NCCCCN)C(=O)O[C@H]1CC[C@@]2(C)C(=CC[C@H]3[C@@H]4CC[C@H]([C@H](C)CCCC(C)C)[C@@]4(C)CC[C@@H]32)C1. The number of nitrogens with zero attached hydrogens (tertiary/aromatic N) is 1. The Balaban J connectivity index is 1.28. The Bertz CT molecular complexity index is 1240. The van der Waals surface area contributed by atoms with E-state index in [2.05, 4.69) is 58.3 Å². The Morgan fingerprint density at radius 3 is 2.27 bits per heavy atom. The van der Waals surface area contributed by atoms with E-state index in [0.717, 1.165) is 80.5 Å². The summed E-state index contributed by atoms with van der Waals surface area (Å²) in [4.78, 5) is 40.7. The van der Waals surface area contributed by atoms with E-state index in [1.165, 1.54) is 95.5 Å². The summed E-state index contributed by atoms with van der Waals surface area (Å²) < 4.78 is 6.25. The second-order valence-electron chi connectivity index (χ2n) is 19.7. The van der Waals surface area contributed by atoms with E-state index >= 15 is 0 Å². The molecular formula is C48H86N4O4. The van der Waals surface area contributed by atoms with Crippen LogP contribution >= 0.6 is 0 Å². The number of unbranched alkanes of at least 4 members (excludes halogenated alkanes) is 8. The summed E-state index contributed by atoms with van der Waals surface area (Å²) in [6.07, 6.45) is 27.9. The lowest BCUT2D eigenvalue weighted by atomic mass is 9.47. The molecule has 8 atom stereocenters. The zero-order valence-electron chi connectivity index (χ0n) is 37.1. The summed E-state index contributed by atoms with van der Waals surface area (Å²) in [5.41, 5.74) is 7.80. The molecule has 3 amide bonds. The lowest BCUT2D eigenvalue weighted by Crippen LogP contribution is -2.51. The predicted octanol–water partition coefficient (Wildman–Crippen LogP) is 10.7. The molecule has 3 fully saturated rings. The number of amides is 3. The van der Waals surface area contributed by atoms with Crippen molar-refractivity contribution in [2.45, 2.75) is 195 Å². The lowest BCUT2D eigenvalue weighted by Gasteiger charge is -2.58. The van der Waals surface area contributed by atoms with E-state index < -0.39 is 6.09 Å². The van der Waals surface area contributed by atoms with Gasteiger partial charge in [-0.1, -0.05) is 117 Å². The molecule has 322 valence electrons. The second-order valence-corrected chi connectivity index (χ2v) is 19.7. The Morgan fingerprint density at radius 1 is 0.821 bits per heavy atom. The smallest absolute Gasteiger partial charge is 0.410 e. The van der Waals surface area contributed by atoms with Gasteiger partial charge in [-0.15, -0.1) is 0 Å². The first-order valence-electron chi connectivity index (χ1n) is 23.8. The first-order valence-corrected chi connectivity index (χ1v) is 23.8. The van der Waals surface area contributed by atoms with Gasteiger partial charge in [-0.25, -0.2) is 4.79 Å². The molecule has 0 saturated heterocycles. The number of carbonyl (C=O) groups excluding carboxylic acids is 3. The van der Waals surface area contributed by atoms with Crippen molar-refractivity contribution in [1.29, 1.82) is 0 Å². The molecule has 0 bridgehead atoms. The Hall–Kier alpha value is -2.09. The van der Waals surface area contributed by atoms with Crippen molar-refractivity contribution < 1.29 is 19.1 Å². The highest BCUT2D eigenvalue weighted by atomic mass is 16.6. The minimum Gasteiger partial charge on any atom is -0.446 e. The molecule has 0 aromatic rings. The molecule has 3 saturated carbocycles. The number of allylic oxidation sites excluding steroid dienone is 1. The molecule has 0 radical (unpaired) electrons. The van der Waals surface area contributed by atoms with Crippen LogP contribution in [0.5, 0.6) is 0 Å². The van der Waals surface area contributed by atoms with Crippen LogP contribution in [0.2, 0.25) is 0 Å². The fourth-order valence-electron chi connectivity index (χ4n) is 11.9. The van der Waals surface area contributed by atoms with Crippen molar-refractivity contribution in [3.8, 4) is 0 Å². The van der Waals surface area contributed by atoms with Crippen molar-refractivity contribution in [2.24, 2.45) is 52.1 Å². The molecule has 4 aliphatic carbocycles. The molecule has 0 aromatic carbocycles. The van der Waals surface area contributed by atoms with Crippen molar-refractivity contribution in [3.63, 3.8) is 0 Å². The third kappa shape index (κ3) is 13.2. The lowest BCUT2D eigenvalue weighted by molar-refractivity contribution is -0.123. The minimum atomic E-state index is -0.414. The molecule has 8 nitrogen and oxygen atoms in total. The van der Waals surface area contributed by atoms with E-state index in [9.17, 15) is 14.4 Å².